The fourth-order valence-corrected chi connectivity index (χ4v) is 1.42. The first-order valence-corrected chi connectivity index (χ1v) is 5.30. The van der Waals surface area contributed by atoms with Crippen LogP contribution in [-0.2, 0) is 0 Å². The maximum atomic E-state index is 13.3. The van der Waals surface area contributed by atoms with Gasteiger partial charge < -0.3 is 4.74 Å². The Morgan fingerprint density at radius 1 is 1.33 bits per heavy atom. The Morgan fingerprint density at radius 3 is 2.56 bits per heavy atom. The number of hydrogen-bond acceptors (Lipinski definition) is 2. The quantitative estimate of drug-likeness (QED) is 0.460. The zero-order valence-electron chi connectivity index (χ0n) is 9.68. The second kappa shape index (κ2) is 5.84. The molecule has 18 heavy (non-hydrogen) atoms. The molecule has 0 spiro atoms. The number of alkyl halides is 3. The van der Waals surface area contributed by atoms with E-state index in [2.05, 4.69) is 0 Å². The van der Waals surface area contributed by atoms with Crippen LogP contribution in [0.25, 0.3) is 0 Å². The molecule has 1 aromatic carbocycles. The van der Waals surface area contributed by atoms with Gasteiger partial charge in [0.05, 0.1) is 12.2 Å². The van der Waals surface area contributed by atoms with Gasteiger partial charge in [-0.05, 0) is 25.5 Å². The van der Waals surface area contributed by atoms with Crippen LogP contribution in [0, 0.1) is 5.82 Å². The minimum Gasteiger partial charge on any atom is -0.493 e. The molecule has 0 aliphatic heterocycles. The maximum absolute atomic E-state index is 13.3. The molecule has 0 saturated carbocycles. The fourth-order valence-electron chi connectivity index (χ4n) is 1.42. The van der Waals surface area contributed by atoms with Crippen LogP contribution < -0.4 is 4.74 Å². The molecular formula is C12H12F4O2. The molecule has 0 aliphatic carbocycles. The summed E-state index contributed by atoms with van der Waals surface area (Å²) >= 11 is 0. The van der Waals surface area contributed by atoms with Crippen LogP contribution in [0.3, 0.4) is 0 Å². The van der Waals surface area contributed by atoms with Crippen LogP contribution in [0.2, 0.25) is 0 Å². The van der Waals surface area contributed by atoms with Crippen LogP contribution in [0.15, 0.2) is 18.2 Å². The predicted molar refractivity (Wildman–Crippen MR) is 57.2 cm³/mol. The van der Waals surface area contributed by atoms with Crippen molar-refractivity contribution < 1.29 is 27.1 Å². The molecule has 1 aromatic rings. The molecule has 2 nitrogen and oxygen atoms in total. The van der Waals surface area contributed by atoms with Gasteiger partial charge in [0, 0.05) is 6.42 Å². The largest absolute Gasteiger partial charge is 0.493 e. The minimum absolute atomic E-state index is 0.0234. The van der Waals surface area contributed by atoms with Gasteiger partial charge in [0.1, 0.15) is 11.6 Å². The molecule has 6 heteroatoms. The van der Waals surface area contributed by atoms with Crippen LogP contribution in [0.1, 0.15) is 30.1 Å². The molecule has 0 saturated heterocycles. The van der Waals surface area contributed by atoms with E-state index in [0.717, 1.165) is 6.07 Å². The van der Waals surface area contributed by atoms with E-state index < -0.39 is 24.2 Å². The summed E-state index contributed by atoms with van der Waals surface area (Å²) in [6.07, 6.45) is -5.45. The number of Topliss-reactive ketones (excluding diaryl/α,β-unsaturated/α-hetero) is 1. The number of ether oxygens (including phenoxy) is 1. The molecular weight excluding hydrogens is 252 g/mol. The Morgan fingerprint density at radius 2 is 2.00 bits per heavy atom. The average Bonchev–Trinajstić information content (AvgIpc) is 2.22. The third-order valence-electron chi connectivity index (χ3n) is 2.19. The van der Waals surface area contributed by atoms with Crippen LogP contribution in [0.4, 0.5) is 17.6 Å². The highest BCUT2D eigenvalue weighted by molar-refractivity contribution is 5.97. The molecule has 0 bridgehead atoms. The zero-order valence-corrected chi connectivity index (χ0v) is 9.68. The summed E-state index contributed by atoms with van der Waals surface area (Å²) in [6.45, 7) is 0.949. The molecule has 0 aliphatic rings. The second-order valence-corrected chi connectivity index (χ2v) is 3.74. The van der Waals surface area contributed by atoms with E-state index in [1.165, 1.54) is 19.1 Å². The smallest absolute Gasteiger partial charge is 0.389 e. The summed E-state index contributed by atoms with van der Waals surface area (Å²) in [6, 6.07) is 3.79. The first-order chi connectivity index (χ1) is 8.31. The highest BCUT2D eigenvalue weighted by Crippen LogP contribution is 2.24. The Kier molecular flexibility index (Phi) is 4.69. The lowest BCUT2D eigenvalue weighted by Crippen LogP contribution is -2.11. The first kappa shape index (κ1) is 14.5. The normalized spacial score (nSPS) is 11.4. The molecule has 1 rings (SSSR count). The third kappa shape index (κ3) is 4.35. The zero-order chi connectivity index (χ0) is 13.8. The third-order valence-corrected chi connectivity index (χ3v) is 2.19. The van der Waals surface area contributed by atoms with Crippen LogP contribution in [-0.4, -0.2) is 18.6 Å². The monoisotopic (exact) mass is 264 g/mol. The molecule has 0 unspecified atom stereocenters. The van der Waals surface area contributed by atoms with E-state index in [0.29, 0.717) is 0 Å². The maximum Gasteiger partial charge on any atom is 0.389 e. The van der Waals surface area contributed by atoms with E-state index in [9.17, 15) is 22.4 Å². The second-order valence-electron chi connectivity index (χ2n) is 3.74. The van der Waals surface area contributed by atoms with Crippen molar-refractivity contribution in [3.05, 3.63) is 29.6 Å². The van der Waals surface area contributed by atoms with Gasteiger partial charge in [-0.15, -0.1) is 0 Å². The minimum atomic E-state index is -4.24. The van der Waals surface area contributed by atoms with Crippen molar-refractivity contribution in [3.8, 4) is 5.75 Å². The molecule has 0 N–H and O–H groups in total. The van der Waals surface area contributed by atoms with Gasteiger partial charge in [0.15, 0.2) is 5.78 Å². The Balaban J connectivity index is 2.63. The number of carbonyl (C=O) groups excluding carboxylic acids is 1. The van der Waals surface area contributed by atoms with E-state index >= 15 is 0 Å². The van der Waals surface area contributed by atoms with Gasteiger partial charge in [0.25, 0.3) is 0 Å². The summed E-state index contributed by atoms with van der Waals surface area (Å²) in [5, 5.41) is 0. The highest BCUT2D eigenvalue weighted by Gasteiger charge is 2.26. The topological polar surface area (TPSA) is 26.3 Å². The summed E-state index contributed by atoms with van der Waals surface area (Å²) in [4.78, 5) is 11.2. The molecule has 0 amide bonds. The van der Waals surface area contributed by atoms with Crippen molar-refractivity contribution in [3.63, 3.8) is 0 Å². The number of rotatable bonds is 5. The standard InChI is InChI=1S/C12H12F4O2/c1-8(17)11-9(13)4-2-5-10(11)18-7-3-6-12(14,15)16/h2,4-5H,3,6-7H2,1H3. The van der Waals surface area contributed by atoms with Crippen molar-refractivity contribution in [1.82, 2.24) is 0 Å². The Bertz CT molecular complexity index is 427. The number of ketones is 1. The molecule has 0 atom stereocenters. The van der Waals surface area contributed by atoms with Crippen molar-refractivity contribution in [2.24, 2.45) is 0 Å². The summed E-state index contributed by atoms with van der Waals surface area (Å²) in [7, 11) is 0. The van der Waals surface area contributed by atoms with Gasteiger partial charge in [0.2, 0.25) is 0 Å². The lowest BCUT2D eigenvalue weighted by atomic mass is 10.1. The lowest BCUT2D eigenvalue weighted by molar-refractivity contribution is -0.136. The van der Waals surface area contributed by atoms with Gasteiger partial charge in [-0.1, -0.05) is 6.07 Å². The summed E-state index contributed by atoms with van der Waals surface area (Å²) in [5.41, 5.74) is -0.232. The van der Waals surface area contributed by atoms with Crippen molar-refractivity contribution in [2.45, 2.75) is 25.9 Å². The molecule has 100 valence electrons. The predicted octanol–water partition coefficient (Wildman–Crippen LogP) is 3.75. The van der Waals surface area contributed by atoms with Gasteiger partial charge in [-0.25, -0.2) is 4.39 Å². The van der Waals surface area contributed by atoms with Gasteiger partial charge in [-0.3, -0.25) is 4.79 Å². The first-order valence-electron chi connectivity index (χ1n) is 5.30. The molecule has 0 heterocycles. The van der Waals surface area contributed by atoms with Crippen LogP contribution in [0.5, 0.6) is 5.75 Å². The molecule has 0 radical (unpaired) electrons. The molecule has 0 aromatic heterocycles. The summed E-state index contributed by atoms with van der Waals surface area (Å²) in [5.74, 6) is -1.29. The summed E-state index contributed by atoms with van der Waals surface area (Å²) < 4.78 is 54.0. The van der Waals surface area contributed by atoms with Crippen molar-refractivity contribution in [2.75, 3.05) is 6.61 Å². The van der Waals surface area contributed by atoms with Crippen molar-refractivity contribution in [1.29, 1.82) is 0 Å². The van der Waals surface area contributed by atoms with E-state index in [4.69, 9.17) is 4.74 Å². The molecule has 0 fully saturated rings. The number of hydrogen-bond donors (Lipinski definition) is 0. The Labute approximate surface area is 102 Å². The lowest BCUT2D eigenvalue weighted by Gasteiger charge is -2.11. The average molecular weight is 264 g/mol. The van der Waals surface area contributed by atoms with Crippen LogP contribution >= 0.6 is 0 Å². The van der Waals surface area contributed by atoms with E-state index in [1.807, 2.05) is 0 Å². The SMILES string of the molecule is CC(=O)c1c(F)cccc1OCCCC(F)(F)F. The van der Waals surface area contributed by atoms with E-state index in [1.54, 1.807) is 0 Å². The Hall–Kier alpha value is -1.59. The number of halogens is 4. The van der Waals surface area contributed by atoms with Gasteiger partial charge >= 0.3 is 6.18 Å². The van der Waals surface area contributed by atoms with Crippen molar-refractivity contribution >= 4 is 5.78 Å². The number of carbonyl (C=O) groups is 1. The van der Waals surface area contributed by atoms with Gasteiger partial charge in [-0.2, -0.15) is 13.2 Å². The fraction of sp³-hybridized carbons (Fsp3) is 0.417. The van der Waals surface area contributed by atoms with E-state index in [-0.39, 0.29) is 24.3 Å². The number of benzene rings is 1. The highest BCUT2D eigenvalue weighted by atomic mass is 19.4.